The van der Waals surface area contributed by atoms with Crippen molar-refractivity contribution in [1.29, 1.82) is 0 Å². The fourth-order valence-electron chi connectivity index (χ4n) is 4.73. The van der Waals surface area contributed by atoms with Crippen molar-refractivity contribution >= 4 is 16.6 Å². The maximum absolute atomic E-state index is 14.3. The Hall–Kier alpha value is -2.94. The van der Waals surface area contributed by atoms with Gasteiger partial charge in [-0.1, -0.05) is 26.0 Å². The first kappa shape index (κ1) is 22.3. The van der Waals surface area contributed by atoms with Crippen LogP contribution in [0.15, 0.2) is 36.5 Å². The van der Waals surface area contributed by atoms with Crippen LogP contribution in [0, 0.1) is 12.7 Å². The van der Waals surface area contributed by atoms with Crippen molar-refractivity contribution < 1.29 is 27.4 Å². The molecule has 0 spiro atoms. The van der Waals surface area contributed by atoms with Gasteiger partial charge in [0.15, 0.2) is 5.60 Å². The van der Waals surface area contributed by atoms with Crippen LogP contribution in [0.5, 0.6) is 5.75 Å². The van der Waals surface area contributed by atoms with Crippen LogP contribution in [0.3, 0.4) is 0 Å². The number of nitrogens with one attached hydrogen (secondary N) is 1. The Bertz CT molecular complexity index is 1190. The van der Waals surface area contributed by atoms with Gasteiger partial charge in [-0.15, -0.1) is 0 Å². The number of alkyl halides is 3. The lowest BCUT2D eigenvalue weighted by Crippen LogP contribution is -2.58. The van der Waals surface area contributed by atoms with Gasteiger partial charge < -0.3 is 15.2 Å². The molecule has 0 saturated carbocycles. The van der Waals surface area contributed by atoms with Gasteiger partial charge in [0.2, 0.25) is 0 Å². The summed E-state index contributed by atoms with van der Waals surface area (Å²) in [5.74, 6) is 0.151. The topological polar surface area (TPSA) is 67.3 Å². The number of halogens is 4. The Morgan fingerprint density at radius 1 is 1.22 bits per heavy atom. The summed E-state index contributed by atoms with van der Waals surface area (Å²) in [5, 5.41) is 14.2. The van der Waals surface area contributed by atoms with Crippen molar-refractivity contribution in [3.05, 3.63) is 59.3 Å². The lowest BCUT2D eigenvalue weighted by atomic mass is 9.63. The average Bonchev–Trinajstić information content (AvgIpc) is 2.68. The number of methoxy groups -OCH3 is 1. The molecule has 2 aromatic carbocycles. The van der Waals surface area contributed by atoms with E-state index in [0.717, 1.165) is 6.07 Å². The molecule has 0 unspecified atom stereocenters. The number of benzene rings is 2. The molecule has 3 aromatic rings. The molecule has 32 heavy (non-hydrogen) atoms. The quantitative estimate of drug-likeness (QED) is 0.537. The number of hydrogen-bond acceptors (Lipinski definition) is 5. The Labute approximate surface area is 182 Å². The minimum atomic E-state index is -4.96. The Kier molecular flexibility index (Phi) is 5.08. The lowest BCUT2D eigenvalue weighted by Gasteiger charge is -2.49. The first-order valence-electron chi connectivity index (χ1n) is 10.0. The Morgan fingerprint density at radius 3 is 2.59 bits per heavy atom. The maximum atomic E-state index is 14.3. The first-order valence-corrected chi connectivity index (χ1v) is 10.0. The number of anilines is 1. The summed E-state index contributed by atoms with van der Waals surface area (Å²) >= 11 is 0. The van der Waals surface area contributed by atoms with Crippen LogP contribution in [0.1, 0.15) is 43.3 Å². The predicted molar refractivity (Wildman–Crippen MR) is 112 cm³/mol. The van der Waals surface area contributed by atoms with Crippen molar-refractivity contribution in [1.82, 2.24) is 9.97 Å². The van der Waals surface area contributed by atoms with Crippen LogP contribution < -0.4 is 10.1 Å². The molecule has 0 fully saturated rings. The predicted octanol–water partition coefficient (Wildman–Crippen LogP) is 5.21. The third-order valence-electron chi connectivity index (χ3n) is 6.03. The van der Waals surface area contributed by atoms with Crippen molar-refractivity contribution in [2.75, 3.05) is 12.4 Å². The highest BCUT2D eigenvalue weighted by Crippen LogP contribution is 2.56. The number of ether oxygens (including phenoxy) is 1. The number of nitrogens with zero attached hydrogens (tertiary/aromatic N) is 2. The van der Waals surface area contributed by atoms with Crippen molar-refractivity contribution in [3.63, 3.8) is 0 Å². The normalized spacial score (nSPS) is 22.5. The van der Waals surface area contributed by atoms with Crippen LogP contribution in [-0.4, -0.2) is 34.0 Å². The van der Waals surface area contributed by atoms with Gasteiger partial charge in [-0.2, -0.15) is 13.2 Å². The monoisotopic (exact) mass is 449 g/mol. The van der Waals surface area contributed by atoms with Crippen LogP contribution in [-0.2, 0) is 5.41 Å². The second kappa shape index (κ2) is 7.30. The highest BCUT2D eigenvalue weighted by Gasteiger charge is 2.64. The van der Waals surface area contributed by atoms with E-state index >= 15 is 0 Å². The van der Waals surface area contributed by atoms with E-state index in [2.05, 4.69) is 15.3 Å². The summed E-state index contributed by atoms with van der Waals surface area (Å²) in [6.45, 7) is 4.90. The molecule has 0 bridgehead atoms. The molecule has 1 aromatic heterocycles. The Morgan fingerprint density at radius 2 is 1.94 bits per heavy atom. The zero-order chi connectivity index (χ0) is 23.5. The third kappa shape index (κ3) is 3.44. The standard InChI is InChI=1S/C23H23F4N3O2/c1-12-28-10-15-16(29-12)8-13(24)9-17(15)30-20-14-6-5-7-18(32-4)19(14)21(2,3)11-22(20,31)23(25,26)27/h5-10,20,30-31H,11H2,1-4H3/t20-,22-/m0/s1. The van der Waals surface area contributed by atoms with Gasteiger partial charge in [0.25, 0.3) is 0 Å². The molecule has 9 heteroatoms. The van der Waals surface area contributed by atoms with Crippen LogP contribution >= 0.6 is 0 Å². The van der Waals surface area contributed by atoms with Gasteiger partial charge in [-0.05, 0) is 36.5 Å². The summed E-state index contributed by atoms with van der Waals surface area (Å²) in [6.07, 6.45) is -4.15. The van der Waals surface area contributed by atoms with E-state index in [1.807, 2.05) is 0 Å². The number of rotatable bonds is 3. The molecule has 170 valence electrons. The van der Waals surface area contributed by atoms with Gasteiger partial charge in [0.05, 0.1) is 18.7 Å². The molecule has 0 amide bonds. The molecule has 0 aliphatic heterocycles. The summed E-state index contributed by atoms with van der Waals surface area (Å²) in [5.41, 5.74) is -3.08. The number of fused-ring (bicyclic) bond motifs is 2. The fourth-order valence-corrected chi connectivity index (χ4v) is 4.73. The molecule has 5 nitrogen and oxygen atoms in total. The minimum absolute atomic E-state index is 0.0566. The van der Waals surface area contributed by atoms with Gasteiger partial charge in [-0.3, -0.25) is 0 Å². The molecule has 1 aliphatic rings. The molecule has 2 N–H and O–H groups in total. The van der Waals surface area contributed by atoms with Crippen molar-refractivity contribution in [2.24, 2.45) is 0 Å². The van der Waals surface area contributed by atoms with Crippen molar-refractivity contribution in [3.8, 4) is 5.75 Å². The van der Waals surface area contributed by atoms with Crippen LogP contribution in [0.2, 0.25) is 0 Å². The highest BCUT2D eigenvalue weighted by atomic mass is 19.4. The van der Waals surface area contributed by atoms with E-state index in [9.17, 15) is 22.7 Å². The minimum Gasteiger partial charge on any atom is -0.496 e. The molecule has 0 radical (unpaired) electrons. The molecule has 2 atom stereocenters. The largest absolute Gasteiger partial charge is 0.496 e. The molecule has 1 heterocycles. The van der Waals surface area contributed by atoms with Gasteiger partial charge >= 0.3 is 6.18 Å². The zero-order valence-electron chi connectivity index (χ0n) is 18.0. The maximum Gasteiger partial charge on any atom is 0.419 e. The van der Waals surface area contributed by atoms with Crippen LogP contribution in [0.25, 0.3) is 10.9 Å². The summed E-state index contributed by atoms with van der Waals surface area (Å²) in [7, 11) is 1.44. The second-order valence-corrected chi connectivity index (χ2v) is 8.79. The summed E-state index contributed by atoms with van der Waals surface area (Å²) < 4.78 is 62.7. The van der Waals surface area contributed by atoms with Gasteiger partial charge in [0.1, 0.15) is 17.4 Å². The fraction of sp³-hybridized carbons (Fsp3) is 0.391. The SMILES string of the molecule is COc1cccc2c1C(C)(C)C[C@@](O)(C(F)(F)F)[C@H]2Nc1cc(F)cc2nc(C)ncc12. The van der Waals surface area contributed by atoms with Gasteiger partial charge in [-0.25, -0.2) is 14.4 Å². The van der Waals surface area contributed by atoms with E-state index in [1.54, 1.807) is 32.9 Å². The highest BCUT2D eigenvalue weighted by molar-refractivity contribution is 5.91. The number of aromatic nitrogens is 2. The average molecular weight is 449 g/mol. The van der Waals surface area contributed by atoms with E-state index in [0.29, 0.717) is 22.5 Å². The molecular weight excluding hydrogens is 426 g/mol. The van der Waals surface area contributed by atoms with Crippen molar-refractivity contribution in [2.45, 2.75) is 50.4 Å². The van der Waals surface area contributed by atoms with E-state index in [-0.39, 0.29) is 16.8 Å². The number of aryl methyl sites for hydroxylation is 1. The van der Waals surface area contributed by atoms with Crippen LogP contribution in [0.4, 0.5) is 23.2 Å². The third-order valence-corrected chi connectivity index (χ3v) is 6.03. The van der Waals surface area contributed by atoms with E-state index in [4.69, 9.17) is 4.74 Å². The van der Waals surface area contributed by atoms with E-state index in [1.165, 1.54) is 25.4 Å². The molecule has 1 aliphatic carbocycles. The lowest BCUT2D eigenvalue weighted by molar-refractivity contribution is -0.275. The van der Waals surface area contributed by atoms with E-state index < -0.39 is 35.5 Å². The molecular formula is C23H23F4N3O2. The molecule has 4 rings (SSSR count). The first-order chi connectivity index (χ1) is 14.9. The smallest absolute Gasteiger partial charge is 0.419 e. The summed E-state index contributed by atoms with van der Waals surface area (Å²) in [6, 6.07) is 5.41. The zero-order valence-corrected chi connectivity index (χ0v) is 18.0. The summed E-state index contributed by atoms with van der Waals surface area (Å²) in [4.78, 5) is 8.27. The van der Waals surface area contributed by atoms with Gasteiger partial charge in [0, 0.05) is 28.9 Å². The number of hydrogen-bond donors (Lipinski definition) is 2. The molecule has 0 saturated heterocycles. The Balaban J connectivity index is 1.97. The second-order valence-electron chi connectivity index (χ2n) is 8.79. The number of aliphatic hydroxyl groups is 1.